The Balaban J connectivity index is 2.00. The van der Waals surface area contributed by atoms with Crippen molar-refractivity contribution in [2.75, 3.05) is 12.4 Å². The molecule has 0 saturated carbocycles. The van der Waals surface area contributed by atoms with Crippen molar-refractivity contribution in [1.29, 1.82) is 5.26 Å². The highest BCUT2D eigenvalue weighted by Crippen LogP contribution is 2.30. The Hall–Kier alpha value is -3.17. The van der Waals surface area contributed by atoms with Gasteiger partial charge in [0.05, 0.1) is 17.8 Å². The molecule has 2 heterocycles. The SMILES string of the molecule is COc1ccc(Cl)c(NC(=O)c2c(C)oc(-n3cccc3)c2C#N)c1. The maximum atomic E-state index is 12.7. The number of hydrogen-bond donors (Lipinski definition) is 1. The van der Waals surface area contributed by atoms with Gasteiger partial charge in [-0.25, -0.2) is 0 Å². The monoisotopic (exact) mass is 355 g/mol. The number of ether oxygens (including phenoxy) is 1. The van der Waals surface area contributed by atoms with Crippen LogP contribution in [0.15, 0.2) is 47.1 Å². The fourth-order valence-electron chi connectivity index (χ4n) is 2.47. The van der Waals surface area contributed by atoms with Gasteiger partial charge < -0.3 is 14.5 Å². The summed E-state index contributed by atoms with van der Waals surface area (Å²) in [6.07, 6.45) is 3.47. The molecule has 0 aliphatic rings. The maximum Gasteiger partial charge on any atom is 0.260 e. The van der Waals surface area contributed by atoms with Crippen LogP contribution in [0.3, 0.4) is 0 Å². The predicted octanol–water partition coefficient (Wildman–Crippen LogP) is 4.16. The molecule has 0 aliphatic heterocycles. The predicted molar refractivity (Wildman–Crippen MR) is 93.4 cm³/mol. The Kier molecular flexibility index (Phi) is 4.50. The number of carbonyl (C=O) groups is 1. The molecule has 0 spiro atoms. The summed E-state index contributed by atoms with van der Waals surface area (Å²) >= 11 is 6.12. The smallest absolute Gasteiger partial charge is 0.260 e. The zero-order chi connectivity index (χ0) is 18.0. The summed E-state index contributed by atoms with van der Waals surface area (Å²) in [5.41, 5.74) is 0.716. The molecule has 126 valence electrons. The van der Waals surface area contributed by atoms with Crippen LogP contribution in [0, 0.1) is 18.3 Å². The molecular formula is C18H14ClN3O3. The van der Waals surface area contributed by atoms with Gasteiger partial charge in [0.1, 0.15) is 28.7 Å². The molecule has 0 aliphatic carbocycles. The number of methoxy groups -OCH3 is 1. The summed E-state index contributed by atoms with van der Waals surface area (Å²) in [5, 5.41) is 12.6. The fraction of sp³-hybridized carbons (Fsp3) is 0.111. The number of nitrogens with zero attached hydrogens (tertiary/aromatic N) is 2. The standard InChI is InChI=1S/C18H14ClN3O3/c1-11-16(13(10-20)18(25-11)22-7-3-4-8-22)17(23)21-15-9-12(24-2)5-6-14(15)19/h3-9H,1-2H3,(H,21,23). The number of benzene rings is 1. The molecule has 25 heavy (non-hydrogen) atoms. The van der Waals surface area contributed by atoms with Crippen molar-refractivity contribution < 1.29 is 13.9 Å². The minimum absolute atomic E-state index is 0.158. The number of hydrogen-bond acceptors (Lipinski definition) is 4. The molecule has 0 fully saturated rings. The molecule has 0 bridgehead atoms. The number of halogens is 1. The number of nitrogens with one attached hydrogen (secondary N) is 1. The number of aromatic nitrogens is 1. The van der Waals surface area contributed by atoms with Crippen molar-refractivity contribution >= 4 is 23.2 Å². The summed E-state index contributed by atoms with van der Waals surface area (Å²) in [4.78, 5) is 12.7. The summed E-state index contributed by atoms with van der Waals surface area (Å²) in [7, 11) is 1.52. The Morgan fingerprint density at radius 1 is 1.36 bits per heavy atom. The van der Waals surface area contributed by atoms with Crippen molar-refractivity contribution in [3.8, 4) is 17.7 Å². The second kappa shape index (κ2) is 6.75. The molecule has 0 atom stereocenters. The summed E-state index contributed by atoms with van der Waals surface area (Å²) < 4.78 is 12.4. The van der Waals surface area contributed by atoms with Gasteiger partial charge in [-0.1, -0.05) is 11.6 Å². The minimum atomic E-state index is -0.480. The van der Waals surface area contributed by atoms with Crippen LogP contribution in [0.5, 0.6) is 5.75 Å². The lowest BCUT2D eigenvalue weighted by Crippen LogP contribution is -2.14. The first kappa shape index (κ1) is 16.7. The van der Waals surface area contributed by atoms with E-state index in [1.54, 1.807) is 54.2 Å². The van der Waals surface area contributed by atoms with E-state index in [0.717, 1.165) is 0 Å². The largest absolute Gasteiger partial charge is 0.497 e. The van der Waals surface area contributed by atoms with Crippen LogP contribution in [-0.2, 0) is 0 Å². The van der Waals surface area contributed by atoms with Gasteiger partial charge >= 0.3 is 0 Å². The molecule has 2 aromatic heterocycles. The molecule has 3 aromatic rings. The van der Waals surface area contributed by atoms with Crippen LogP contribution in [-0.4, -0.2) is 17.6 Å². The molecule has 7 heteroatoms. The highest BCUT2D eigenvalue weighted by Gasteiger charge is 2.25. The fourth-order valence-corrected chi connectivity index (χ4v) is 2.64. The average molecular weight is 356 g/mol. The number of carbonyl (C=O) groups excluding carboxylic acids is 1. The molecule has 3 rings (SSSR count). The minimum Gasteiger partial charge on any atom is -0.497 e. The van der Waals surface area contributed by atoms with Gasteiger partial charge in [-0.15, -0.1) is 0 Å². The van der Waals surface area contributed by atoms with Crippen molar-refractivity contribution in [3.63, 3.8) is 0 Å². The molecule has 0 unspecified atom stereocenters. The lowest BCUT2D eigenvalue weighted by atomic mass is 10.1. The Morgan fingerprint density at radius 2 is 2.08 bits per heavy atom. The first-order valence-corrected chi connectivity index (χ1v) is 7.74. The average Bonchev–Trinajstić information content (AvgIpc) is 3.23. The Bertz CT molecular complexity index is 968. The molecule has 0 saturated heterocycles. The van der Waals surface area contributed by atoms with Gasteiger partial charge in [0.2, 0.25) is 5.88 Å². The highest BCUT2D eigenvalue weighted by molar-refractivity contribution is 6.34. The topological polar surface area (TPSA) is 80.2 Å². The van der Waals surface area contributed by atoms with E-state index in [-0.39, 0.29) is 11.1 Å². The highest BCUT2D eigenvalue weighted by atomic mass is 35.5. The van der Waals surface area contributed by atoms with Crippen LogP contribution >= 0.6 is 11.6 Å². The summed E-state index contributed by atoms with van der Waals surface area (Å²) in [6.45, 7) is 1.63. The number of furan rings is 1. The van der Waals surface area contributed by atoms with Crippen molar-refractivity contribution in [2.45, 2.75) is 6.92 Å². The van der Waals surface area contributed by atoms with Crippen LogP contribution in [0.1, 0.15) is 21.7 Å². The van der Waals surface area contributed by atoms with Gasteiger partial charge in [-0.05, 0) is 31.2 Å². The van der Waals surface area contributed by atoms with Gasteiger partial charge in [-0.3, -0.25) is 9.36 Å². The quantitative estimate of drug-likeness (QED) is 0.761. The Morgan fingerprint density at radius 3 is 2.72 bits per heavy atom. The third-order valence-electron chi connectivity index (χ3n) is 3.67. The number of amides is 1. The van der Waals surface area contributed by atoms with E-state index in [9.17, 15) is 10.1 Å². The zero-order valence-electron chi connectivity index (χ0n) is 13.5. The molecule has 6 nitrogen and oxygen atoms in total. The molecule has 0 radical (unpaired) electrons. The second-order valence-corrected chi connectivity index (χ2v) is 5.62. The second-order valence-electron chi connectivity index (χ2n) is 5.22. The van der Waals surface area contributed by atoms with Crippen LogP contribution in [0.4, 0.5) is 5.69 Å². The van der Waals surface area contributed by atoms with E-state index in [2.05, 4.69) is 5.32 Å². The van der Waals surface area contributed by atoms with Crippen LogP contribution < -0.4 is 10.1 Å². The van der Waals surface area contributed by atoms with Crippen molar-refractivity contribution in [1.82, 2.24) is 4.57 Å². The third kappa shape index (κ3) is 3.10. The van der Waals surface area contributed by atoms with E-state index in [0.29, 0.717) is 28.1 Å². The molecule has 1 amide bonds. The summed E-state index contributed by atoms with van der Waals surface area (Å²) in [5.74, 6) is 0.715. The number of aryl methyl sites for hydroxylation is 1. The van der Waals surface area contributed by atoms with Gasteiger partial charge in [0, 0.05) is 18.5 Å². The first-order valence-electron chi connectivity index (χ1n) is 7.37. The van der Waals surface area contributed by atoms with Gasteiger partial charge in [0.15, 0.2) is 0 Å². The maximum absolute atomic E-state index is 12.7. The number of rotatable bonds is 4. The summed E-state index contributed by atoms with van der Waals surface area (Å²) in [6, 6.07) is 10.6. The zero-order valence-corrected chi connectivity index (χ0v) is 14.3. The van der Waals surface area contributed by atoms with E-state index in [4.69, 9.17) is 20.8 Å². The van der Waals surface area contributed by atoms with E-state index < -0.39 is 5.91 Å². The Labute approximate surface area is 149 Å². The molecule has 1 aromatic carbocycles. The van der Waals surface area contributed by atoms with Crippen molar-refractivity contribution in [3.05, 3.63) is 64.6 Å². The van der Waals surface area contributed by atoms with E-state index >= 15 is 0 Å². The van der Waals surface area contributed by atoms with Gasteiger partial charge in [0.25, 0.3) is 5.91 Å². The van der Waals surface area contributed by atoms with Gasteiger partial charge in [-0.2, -0.15) is 5.26 Å². The number of anilines is 1. The lowest BCUT2D eigenvalue weighted by Gasteiger charge is -2.09. The van der Waals surface area contributed by atoms with Crippen LogP contribution in [0.25, 0.3) is 5.88 Å². The van der Waals surface area contributed by atoms with Crippen molar-refractivity contribution in [2.24, 2.45) is 0 Å². The lowest BCUT2D eigenvalue weighted by molar-refractivity contribution is 0.102. The van der Waals surface area contributed by atoms with E-state index in [1.165, 1.54) is 7.11 Å². The normalized spacial score (nSPS) is 10.3. The third-order valence-corrected chi connectivity index (χ3v) is 3.99. The first-order chi connectivity index (χ1) is 12.0. The van der Waals surface area contributed by atoms with Crippen LogP contribution in [0.2, 0.25) is 5.02 Å². The molecule has 1 N–H and O–H groups in total. The van der Waals surface area contributed by atoms with E-state index in [1.807, 2.05) is 6.07 Å². The number of nitriles is 1. The molecular weight excluding hydrogens is 342 g/mol.